The van der Waals surface area contributed by atoms with Gasteiger partial charge in [0.2, 0.25) is 0 Å². The molecular formula is C22H12BrIN2O. The molecule has 0 bridgehead atoms. The maximum Gasteiger partial charge on any atom is 0.281 e. The lowest BCUT2D eigenvalue weighted by atomic mass is 10.1. The van der Waals surface area contributed by atoms with Crippen LogP contribution in [0.3, 0.4) is 0 Å². The van der Waals surface area contributed by atoms with Crippen molar-refractivity contribution in [2.24, 2.45) is 0 Å². The predicted molar refractivity (Wildman–Crippen MR) is 122 cm³/mol. The Labute approximate surface area is 176 Å². The summed E-state index contributed by atoms with van der Waals surface area (Å²) < 4.78 is 4.12. The molecule has 0 radical (unpaired) electrons. The van der Waals surface area contributed by atoms with E-state index in [1.54, 1.807) is 0 Å². The molecule has 130 valence electrons. The topological polar surface area (TPSA) is 34.4 Å². The van der Waals surface area contributed by atoms with Crippen LogP contribution in [0.4, 0.5) is 0 Å². The van der Waals surface area contributed by atoms with Gasteiger partial charge in [0.05, 0.1) is 16.6 Å². The number of fused-ring (bicyclic) bond motifs is 5. The summed E-state index contributed by atoms with van der Waals surface area (Å²) in [5.74, 6) is 0. The highest BCUT2D eigenvalue weighted by Gasteiger charge is 2.17. The van der Waals surface area contributed by atoms with Gasteiger partial charge < -0.3 is 0 Å². The second-order valence-electron chi connectivity index (χ2n) is 6.31. The molecule has 0 N–H and O–H groups in total. The molecule has 2 heterocycles. The maximum absolute atomic E-state index is 12.8. The fourth-order valence-corrected chi connectivity index (χ4v) is 4.93. The van der Waals surface area contributed by atoms with Gasteiger partial charge in [-0.3, -0.25) is 9.20 Å². The average molecular weight is 527 g/mol. The molecule has 3 nitrogen and oxygen atoms in total. The molecule has 5 heteroatoms. The fraction of sp³-hybridized carbons (Fsp3) is 0. The summed E-state index contributed by atoms with van der Waals surface area (Å²) >= 11 is 5.87. The van der Waals surface area contributed by atoms with E-state index in [4.69, 9.17) is 0 Å². The normalized spacial score (nSPS) is 11.5. The van der Waals surface area contributed by atoms with Crippen molar-refractivity contribution in [1.29, 1.82) is 0 Å². The summed E-state index contributed by atoms with van der Waals surface area (Å²) in [6.07, 6.45) is 0. The highest BCUT2D eigenvalue weighted by atomic mass is 127. The van der Waals surface area contributed by atoms with Crippen LogP contribution in [0, 0.1) is 3.57 Å². The van der Waals surface area contributed by atoms with Crippen LogP contribution in [0.2, 0.25) is 0 Å². The van der Waals surface area contributed by atoms with Crippen LogP contribution in [0.1, 0.15) is 0 Å². The molecule has 0 spiro atoms. The smallest absolute Gasteiger partial charge is 0.281 e. The Bertz CT molecular complexity index is 1410. The molecule has 0 aliphatic heterocycles. The molecule has 5 aromatic rings. The summed E-state index contributed by atoms with van der Waals surface area (Å²) in [5.41, 5.74) is 3.47. The highest BCUT2D eigenvalue weighted by molar-refractivity contribution is 14.1. The van der Waals surface area contributed by atoms with Gasteiger partial charge in [-0.2, -0.15) is 4.98 Å². The van der Waals surface area contributed by atoms with Crippen LogP contribution in [0.15, 0.2) is 82.1 Å². The van der Waals surface area contributed by atoms with Gasteiger partial charge in [0.1, 0.15) is 5.65 Å². The van der Waals surface area contributed by atoms with Crippen molar-refractivity contribution >= 4 is 65.8 Å². The van der Waals surface area contributed by atoms with E-state index < -0.39 is 0 Å². The molecule has 2 aromatic heterocycles. The van der Waals surface area contributed by atoms with Crippen molar-refractivity contribution in [2.75, 3.05) is 0 Å². The van der Waals surface area contributed by atoms with Crippen molar-refractivity contribution in [3.63, 3.8) is 0 Å². The summed E-state index contributed by atoms with van der Waals surface area (Å²) in [6, 6.07) is 24.1. The lowest BCUT2D eigenvalue weighted by Crippen LogP contribution is -2.13. The Morgan fingerprint density at radius 3 is 2.33 bits per heavy atom. The van der Waals surface area contributed by atoms with Crippen molar-refractivity contribution in [1.82, 2.24) is 9.38 Å². The molecule has 0 fully saturated rings. The Kier molecular flexibility index (Phi) is 4.02. The highest BCUT2D eigenvalue weighted by Crippen LogP contribution is 2.35. The van der Waals surface area contributed by atoms with Crippen molar-refractivity contribution in [3.05, 3.63) is 91.2 Å². The number of halogens is 2. The number of benzene rings is 3. The van der Waals surface area contributed by atoms with E-state index in [9.17, 15) is 4.79 Å². The van der Waals surface area contributed by atoms with Gasteiger partial charge in [0, 0.05) is 18.8 Å². The number of rotatable bonds is 1. The van der Waals surface area contributed by atoms with Crippen molar-refractivity contribution < 1.29 is 0 Å². The number of pyridine rings is 1. The van der Waals surface area contributed by atoms with Crippen LogP contribution >= 0.6 is 38.5 Å². The fourth-order valence-electron chi connectivity index (χ4n) is 3.55. The lowest BCUT2D eigenvalue weighted by molar-refractivity contribution is 1.15. The quantitative estimate of drug-likeness (QED) is 0.197. The SMILES string of the molecule is O=c1nc2c3ccccc3c(I)c(-c3ccccc3)n2c2ccc(Br)cc12. The second kappa shape index (κ2) is 6.42. The predicted octanol–water partition coefficient (Wildman–Crippen LogP) is 6.04. The Hall–Kier alpha value is -2.25. The van der Waals surface area contributed by atoms with Crippen LogP contribution in [0.5, 0.6) is 0 Å². The first-order valence-electron chi connectivity index (χ1n) is 8.43. The van der Waals surface area contributed by atoms with E-state index in [-0.39, 0.29) is 5.56 Å². The van der Waals surface area contributed by atoms with Crippen molar-refractivity contribution in [2.45, 2.75) is 0 Å². The molecule has 0 atom stereocenters. The minimum Gasteiger partial charge on any atom is -0.292 e. The summed E-state index contributed by atoms with van der Waals surface area (Å²) in [7, 11) is 0. The molecule has 0 unspecified atom stereocenters. The first-order valence-corrected chi connectivity index (χ1v) is 10.3. The molecule has 0 amide bonds. The zero-order chi connectivity index (χ0) is 18.5. The summed E-state index contributed by atoms with van der Waals surface area (Å²) in [5, 5.41) is 2.67. The number of hydrogen-bond acceptors (Lipinski definition) is 2. The summed E-state index contributed by atoms with van der Waals surface area (Å²) in [6.45, 7) is 0. The average Bonchev–Trinajstić information content (AvgIpc) is 2.70. The molecule has 0 saturated heterocycles. The van der Waals surface area contributed by atoms with Crippen LogP contribution < -0.4 is 5.56 Å². The van der Waals surface area contributed by atoms with Crippen LogP contribution in [-0.4, -0.2) is 9.38 Å². The molecule has 3 aromatic carbocycles. The van der Waals surface area contributed by atoms with E-state index in [1.165, 1.54) is 0 Å². The largest absolute Gasteiger partial charge is 0.292 e. The maximum atomic E-state index is 12.8. The van der Waals surface area contributed by atoms with E-state index in [0.29, 0.717) is 11.0 Å². The number of hydrogen-bond donors (Lipinski definition) is 0. The first-order chi connectivity index (χ1) is 13.1. The zero-order valence-corrected chi connectivity index (χ0v) is 17.7. The van der Waals surface area contributed by atoms with Crippen molar-refractivity contribution in [3.8, 4) is 11.3 Å². The van der Waals surface area contributed by atoms with Crippen LogP contribution in [0.25, 0.3) is 38.6 Å². The standard InChI is InChI=1S/C22H12BrIN2O/c23-14-10-11-18-17(12-14)22(27)25-21-16-9-5-4-8-15(16)19(24)20(26(18)21)13-6-2-1-3-7-13/h1-12H. The van der Waals surface area contributed by atoms with E-state index in [1.807, 2.05) is 54.6 Å². The van der Waals surface area contributed by atoms with E-state index in [2.05, 4.69) is 66.1 Å². The van der Waals surface area contributed by atoms with Gasteiger partial charge >= 0.3 is 0 Å². The molecule has 0 saturated carbocycles. The first kappa shape index (κ1) is 16.9. The molecule has 5 rings (SSSR count). The third kappa shape index (κ3) is 2.60. The molecule has 0 aliphatic carbocycles. The zero-order valence-electron chi connectivity index (χ0n) is 14.0. The Morgan fingerprint density at radius 2 is 1.56 bits per heavy atom. The molecule has 0 aliphatic rings. The lowest BCUT2D eigenvalue weighted by Gasteiger charge is -2.17. The van der Waals surface area contributed by atoms with E-state index >= 15 is 0 Å². The minimum absolute atomic E-state index is 0.211. The van der Waals surface area contributed by atoms with Gasteiger partial charge in [-0.1, -0.05) is 70.5 Å². The Balaban J connectivity index is 2.15. The molecular weight excluding hydrogens is 515 g/mol. The van der Waals surface area contributed by atoms with Gasteiger partial charge in [-0.25, -0.2) is 0 Å². The monoisotopic (exact) mass is 526 g/mol. The second-order valence-corrected chi connectivity index (χ2v) is 8.31. The third-order valence-corrected chi connectivity index (χ3v) is 6.32. The Morgan fingerprint density at radius 1 is 0.852 bits per heavy atom. The van der Waals surface area contributed by atoms with Gasteiger partial charge in [-0.05, 0) is 46.4 Å². The van der Waals surface area contributed by atoms with E-state index in [0.717, 1.165) is 35.6 Å². The molecule has 27 heavy (non-hydrogen) atoms. The van der Waals surface area contributed by atoms with Gasteiger partial charge in [-0.15, -0.1) is 0 Å². The minimum atomic E-state index is -0.211. The van der Waals surface area contributed by atoms with Gasteiger partial charge in [0.25, 0.3) is 5.56 Å². The number of nitrogens with zero attached hydrogens (tertiary/aromatic N) is 2. The third-order valence-electron chi connectivity index (χ3n) is 4.73. The number of aromatic nitrogens is 2. The summed E-state index contributed by atoms with van der Waals surface area (Å²) in [4.78, 5) is 17.3. The van der Waals surface area contributed by atoms with Gasteiger partial charge in [0.15, 0.2) is 0 Å². The van der Waals surface area contributed by atoms with Crippen LogP contribution in [-0.2, 0) is 0 Å².